The number of furan rings is 1. The van der Waals surface area contributed by atoms with Crippen LogP contribution in [0.2, 0.25) is 0 Å². The fourth-order valence-corrected chi connectivity index (χ4v) is 10.6. The van der Waals surface area contributed by atoms with Crippen LogP contribution in [0, 0.1) is 0 Å². The van der Waals surface area contributed by atoms with Crippen LogP contribution in [0.5, 0.6) is 0 Å². The quantitative estimate of drug-likeness (QED) is 0.153. The fourth-order valence-electron chi connectivity index (χ4n) is 10.6. The lowest BCUT2D eigenvalue weighted by Crippen LogP contribution is -2.28. The average molecular weight is 867 g/mol. The minimum Gasteiger partial charge on any atom is -0.456 e. The molecule has 0 N–H and O–H groups in total. The van der Waals surface area contributed by atoms with E-state index in [1.807, 2.05) is 30.3 Å². The monoisotopic (exact) mass is 866 g/mol. The number of aromatic nitrogens is 2. The number of hydrogen-bond donors (Lipinski definition) is 0. The molecule has 0 fully saturated rings. The van der Waals surface area contributed by atoms with E-state index in [-0.39, 0.29) is 0 Å². The predicted molar refractivity (Wildman–Crippen MR) is 279 cm³/mol. The highest BCUT2D eigenvalue weighted by Gasteiger charge is 2.46. The van der Waals surface area contributed by atoms with Crippen LogP contribution in [0.25, 0.3) is 100 Å². The molecule has 0 saturated heterocycles. The first-order valence-corrected chi connectivity index (χ1v) is 23.2. The third kappa shape index (κ3) is 6.59. The Labute approximate surface area is 395 Å². The van der Waals surface area contributed by atoms with Crippen molar-refractivity contribution >= 4 is 21.9 Å². The van der Waals surface area contributed by atoms with Gasteiger partial charge >= 0.3 is 0 Å². The first kappa shape index (κ1) is 39.4. The van der Waals surface area contributed by atoms with E-state index in [9.17, 15) is 0 Å². The van der Waals surface area contributed by atoms with Crippen molar-refractivity contribution in [3.63, 3.8) is 0 Å². The van der Waals surface area contributed by atoms with Crippen LogP contribution in [0.4, 0.5) is 0 Å². The lowest BCUT2D eigenvalue weighted by Gasteiger charge is -2.34. The van der Waals surface area contributed by atoms with E-state index in [0.29, 0.717) is 5.82 Å². The van der Waals surface area contributed by atoms with E-state index in [1.54, 1.807) is 0 Å². The number of rotatable bonds is 8. The molecule has 318 valence electrons. The van der Waals surface area contributed by atoms with Gasteiger partial charge in [0, 0.05) is 27.5 Å². The smallest absolute Gasteiger partial charge is 0.160 e. The first-order valence-electron chi connectivity index (χ1n) is 23.2. The zero-order valence-corrected chi connectivity index (χ0v) is 37.1. The minimum atomic E-state index is -0.511. The summed E-state index contributed by atoms with van der Waals surface area (Å²) in [5.41, 5.74) is 20.2. The van der Waals surface area contributed by atoms with Crippen LogP contribution in [-0.4, -0.2) is 9.97 Å². The van der Waals surface area contributed by atoms with Gasteiger partial charge in [-0.05, 0) is 121 Å². The molecule has 0 saturated carbocycles. The molecule has 13 rings (SSSR count). The standard InChI is InChI=1S/C65H42N2O/c1-5-18-43(19-6-1)49-37-50(47-32-34-55-54-28-13-15-30-58(54)65(59(55)41-47,52-24-9-3-10-25-52)53-26-11-4-12-27-53)39-51(38-49)61-42-60(66-64(67-61)44-20-7-2-8-21-44)48-23-17-22-45(36-48)46-33-35-63-57(40-46)56-29-14-16-31-62(56)68-63/h1-42H. The van der Waals surface area contributed by atoms with Gasteiger partial charge in [-0.25, -0.2) is 9.97 Å². The van der Waals surface area contributed by atoms with Gasteiger partial charge < -0.3 is 4.42 Å². The Hall–Kier alpha value is -8.92. The van der Waals surface area contributed by atoms with Gasteiger partial charge in [0.15, 0.2) is 5.82 Å². The lowest BCUT2D eigenvalue weighted by atomic mass is 9.67. The van der Waals surface area contributed by atoms with Crippen LogP contribution < -0.4 is 0 Å². The molecule has 2 aromatic heterocycles. The van der Waals surface area contributed by atoms with E-state index >= 15 is 0 Å². The molecule has 2 heterocycles. The number of nitrogens with zero attached hydrogens (tertiary/aromatic N) is 2. The van der Waals surface area contributed by atoms with Gasteiger partial charge in [-0.2, -0.15) is 0 Å². The maximum Gasteiger partial charge on any atom is 0.160 e. The first-order chi connectivity index (χ1) is 33.7. The van der Waals surface area contributed by atoms with Gasteiger partial charge in [-0.15, -0.1) is 0 Å². The number of benzene rings is 10. The summed E-state index contributed by atoms with van der Waals surface area (Å²) >= 11 is 0. The van der Waals surface area contributed by atoms with E-state index in [0.717, 1.165) is 83.4 Å². The van der Waals surface area contributed by atoms with Crippen molar-refractivity contribution in [2.45, 2.75) is 5.41 Å². The van der Waals surface area contributed by atoms with Gasteiger partial charge in [0.1, 0.15) is 11.2 Å². The average Bonchev–Trinajstić information content (AvgIpc) is 3.95. The highest BCUT2D eigenvalue weighted by Crippen LogP contribution is 2.57. The molecule has 10 aromatic carbocycles. The van der Waals surface area contributed by atoms with Gasteiger partial charge in [0.2, 0.25) is 0 Å². The molecule has 0 aliphatic heterocycles. The van der Waals surface area contributed by atoms with Crippen LogP contribution >= 0.6 is 0 Å². The molecule has 0 radical (unpaired) electrons. The number of hydrogen-bond acceptors (Lipinski definition) is 3. The Balaban J connectivity index is 0.994. The van der Waals surface area contributed by atoms with Crippen molar-refractivity contribution in [1.82, 2.24) is 9.97 Å². The van der Waals surface area contributed by atoms with Crippen molar-refractivity contribution < 1.29 is 4.42 Å². The highest BCUT2D eigenvalue weighted by molar-refractivity contribution is 6.06. The summed E-state index contributed by atoms with van der Waals surface area (Å²) in [5.74, 6) is 0.673. The molecule has 68 heavy (non-hydrogen) atoms. The molecule has 3 nitrogen and oxygen atoms in total. The van der Waals surface area contributed by atoms with E-state index < -0.39 is 5.41 Å². The van der Waals surface area contributed by atoms with Crippen LogP contribution in [0.15, 0.2) is 259 Å². The maximum atomic E-state index is 6.18. The van der Waals surface area contributed by atoms with E-state index in [2.05, 4.69) is 224 Å². The van der Waals surface area contributed by atoms with Crippen LogP contribution in [0.3, 0.4) is 0 Å². The summed E-state index contributed by atoms with van der Waals surface area (Å²) in [6.45, 7) is 0. The molecule has 0 atom stereocenters. The third-order valence-electron chi connectivity index (χ3n) is 13.8. The van der Waals surface area contributed by atoms with Crippen molar-refractivity contribution in [3.8, 4) is 78.4 Å². The van der Waals surface area contributed by atoms with Crippen LogP contribution in [-0.2, 0) is 5.41 Å². The zero-order valence-electron chi connectivity index (χ0n) is 37.1. The van der Waals surface area contributed by atoms with E-state index in [1.165, 1.54) is 33.4 Å². The minimum absolute atomic E-state index is 0.511. The molecule has 0 spiro atoms. The summed E-state index contributed by atoms with van der Waals surface area (Å²) in [5, 5.41) is 2.22. The topological polar surface area (TPSA) is 38.9 Å². The highest BCUT2D eigenvalue weighted by atomic mass is 16.3. The van der Waals surface area contributed by atoms with Gasteiger partial charge in [0.05, 0.1) is 16.8 Å². The second kappa shape index (κ2) is 16.2. The second-order valence-corrected chi connectivity index (χ2v) is 17.7. The predicted octanol–water partition coefficient (Wildman–Crippen LogP) is 16.7. The van der Waals surface area contributed by atoms with Gasteiger partial charge in [0.25, 0.3) is 0 Å². The Morgan fingerprint density at radius 1 is 0.279 bits per heavy atom. The molecular formula is C65H42N2O. The molecule has 0 amide bonds. The lowest BCUT2D eigenvalue weighted by molar-refractivity contribution is 0.669. The molecule has 0 bridgehead atoms. The van der Waals surface area contributed by atoms with Crippen molar-refractivity contribution in [2.75, 3.05) is 0 Å². The molecular weight excluding hydrogens is 825 g/mol. The Bertz CT molecular complexity index is 3800. The summed E-state index contributed by atoms with van der Waals surface area (Å²) in [7, 11) is 0. The number of fused-ring (bicyclic) bond motifs is 6. The van der Waals surface area contributed by atoms with Crippen molar-refractivity contribution in [1.29, 1.82) is 0 Å². The molecule has 3 heteroatoms. The maximum absolute atomic E-state index is 6.18. The molecule has 0 unspecified atom stereocenters. The summed E-state index contributed by atoms with van der Waals surface area (Å²) in [6.07, 6.45) is 0. The second-order valence-electron chi connectivity index (χ2n) is 17.7. The number of para-hydroxylation sites is 1. The summed E-state index contributed by atoms with van der Waals surface area (Å²) in [4.78, 5) is 10.7. The SMILES string of the molecule is c1ccc(-c2cc(-c3ccc4c(c3)C(c3ccccc3)(c3ccccc3)c3ccccc3-4)cc(-c3cc(-c4cccc(-c5ccc6oc7ccccc7c6c5)c4)nc(-c4ccccc4)n3)c2)cc1. The Morgan fingerprint density at radius 2 is 0.779 bits per heavy atom. The van der Waals surface area contributed by atoms with Crippen molar-refractivity contribution in [3.05, 3.63) is 277 Å². The molecule has 1 aliphatic rings. The zero-order chi connectivity index (χ0) is 45.0. The third-order valence-corrected chi connectivity index (χ3v) is 13.8. The Kier molecular flexibility index (Phi) is 9.40. The van der Waals surface area contributed by atoms with Gasteiger partial charge in [-0.1, -0.05) is 200 Å². The molecule has 1 aliphatic carbocycles. The Morgan fingerprint density at radius 3 is 1.53 bits per heavy atom. The van der Waals surface area contributed by atoms with Crippen LogP contribution in [0.1, 0.15) is 22.3 Å². The summed E-state index contributed by atoms with van der Waals surface area (Å²) < 4.78 is 6.18. The van der Waals surface area contributed by atoms with Gasteiger partial charge in [-0.3, -0.25) is 0 Å². The largest absolute Gasteiger partial charge is 0.456 e. The normalized spacial score (nSPS) is 12.5. The fraction of sp³-hybridized carbons (Fsp3) is 0.0154. The molecule has 12 aromatic rings. The van der Waals surface area contributed by atoms with E-state index in [4.69, 9.17) is 14.4 Å². The van der Waals surface area contributed by atoms with Crippen molar-refractivity contribution in [2.24, 2.45) is 0 Å². The summed E-state index contributed by atoms with van der Waals surface area (Å²) in [6, 6.07) is 91.4.